The predicted molar refractivity (Wildman–Crippen MR) is 103 cm³/mol. The molecular formula is C17H20ClN5O2S. The number of rotatable bonds is 5. The molecule has 1 fully saturated rings. The highest BCUT2D eigenvalue weighted by Crippen LogP contribution is 2.21. The molecule has 2 amide bonds. The molecule has 0 bridgehead atoms. The van der Waals surface area contributed by atoms with Gasteiger partial charge in [0.15, 0.2) is 0 Å². The molecule has 1 aromatic carbocycles. The van der Waals surface area contributed by atoms with Crippen LogP contribution in [0, 0.1) is 6.92 Å². The van der Waals surface area contributed by atoms with Crippen molar-refractivity contribution in [1.29, 1.82) is 0 Å². The second-order valence-corrected chi connectivity index (χ2v) is 7.64. The van der Waals surface area contributed by atoms with Gasteiger partial charge < -0.3 is 15.1 Å². The molecule has 0 unspecified atom stereocenters. The van der Waals surface area contributed by atoms with Gasteiger partial charge in [0.2, 0.25) is 16.9 Å². The number of halogens is 1. The molecule has 2 heterocycles. The van der Waals surface area contributed by atoms with Crippen LogP contribution in [0.5, 0.6) is 0 Å². The van der Waals surface area contributed by atoms with E-state index in [9.17, 15) is 9.59 Å². The molecule has 3 rings (SSSR count). The summed E-state index contributed by atoms with van der Waals surface area (Å²) in [6, 6.07) is 7.72. The van der Waals surface area contributed by atoms with E-state index in [1.807, 2.05) is 36.1 Å². The van der Waals surface area contributed by atoms with Gasteiger partial charge in [-0.3, -0.25) is 9.59 Å². The van der Waals surface area contributed by atoms with Crippen LogP contribution in [-0.2, 0) is 9.59 Å². The maximum Gasteiger partial charge on any atom is 0.226 e. The molecule has 1 aliphatic heterocycles. The van der Waals surface area contributed by atoms with Crippen LogP contribution in [0.15, 0.2) is 24.3 Å². The lowest BCUT2D eigenvalue weighted by molar-refractivity contribution is -0.133. The van der Waals surface area contributed by atoms with Crippen molar-refractivity contribution in [3.05, 3.63) is 34.3 Å². The van der Waals surface area contributed by atoms with Crippen LogP contribution in [0.4, 0.5) is 10.8 Å². The molecule has 1 aliphatic rings. The maximum atomic E-state index is 12.3. The van der Waals surface area contributed by atoms with Crippen molar-refractivity contribution in [3.8, 4) is 0 Å². The zero-order chi connectivity index (χ0) is 18.5. The number of aromatic nitrogens is 2. The summed E-state index contributed by atoms with van der Waals surface area (Å²) in [5, 5.41) is 12.3. The van der Waals surface area contributed by atoms with Crippen molar-refractivity contribution < 1.29 is 9.59 Å². The second kappa shape index (κ2) is 8.46. The van der Waals surface area contributed by atoms with Crippen LogP contribution in [-0.4, -0.2) is 53.1 Å². The molecule has 0 radical (unpaired) electrons. The molecule has 1 aromatic heterocycles. The van der Waals surface area contributed by atoms with Gasteiger partial charge in [0.25, 0.3) is 0 Å². The third kappa shape index (κ3) is 4.92. The van der Waals surface area contributed by atoms with Crippen LogP contribution in [0.1, 0.15) is 17.8 Å². The van der Waals surface area contributed by atoms with Crippen LogP contribution in [0.25, 0.3) is 0 Å². The zero-order valence-corrected chi connectivity index (χ0v) is 16.0. The van der Waals surface area contributed by atoms with Gasteiger partial charge in [0.05, 0.1) is 0 Å². The van der Waals surface area contributed by atoms with Gasteiger partial charge >= 0.3 is 0 Å². The molecule has 7 nitrogen and oxygen atoms in total. The first kappa shape index (κ1) is 18.6. The highest BCUT2D eigenvalue weighted by molar-refractivity contribution is 7.15. The SMILES string of the molecule is Cc1nnc(NC(=O)CCC(=O)N2CCN(c3cccc(Cl)c3)CC2)s1. The Morgan fingerprint density at radius 1 is 1.19 bits per heavy atom. The Bertz CT molecular complexity index is 789. The van der Waals surface area contributed by atoms with Crippen LogP contribution in [0.3, 0.4) is 0 Å². The lowest BCUT2D eigenvalue weighted by atomic mass is 10.2. The number of amides is 2. The number of nitrogens with zero attached hydrogens (tertiary/aromatic N) is 4. The number of anilines is 2. The number of aryl methyl sites for hydroxylation is 1. The van der Waals surface area contributed by atoms with Gasteiger partial charge in [0, 0.05) is 49.7 Å². The molecule has 0 aliphatic carbocycles. The first-order chi connectivity index (χ1) is 12.5. The third-order valence-electron chi connectivity index (χ3n) is 4.14. The number of nitrogens with one attached hydrogen (secondary N) is 1. The summed E-state index contributed by atoms with van der Waals surface area (Å²) in [7, 11) is 0. The van der Waals surface area contributed by atoms with Gasteiger partial charge in [-0.1, -0.05) is 29.0 Å². The number of hydrogen-bond acceptors (Lipinski definition) is 6. The molecule has 0 spiro atoms. The van der Waals surface area contributed by atoms with Crippen molar-refractivity contribution in [2.75, 3.05) is 36.4 Å². The van der Waals surface area contributed by atoms with Crippen molar-refractivity contribution in [1.82, 2.24) is 15.1 Å². The summed E-state index contributed by atoms with van der Waals surface area (Å²) in [4.78, 5) is 28.3. The number of carbonyl (C=O) groups excluding carboxylic acids is 2. The second-order valence-electron chi connectivity index (χ2n) is 6.02. The highest BCUT2D eigenvalue weighted by Gasteiger charge is 2.22. The van der Waals surface area contributed by atoms with Crippen molar-refractivity contribution >= 4 is 45.6 Å². The van der Waals surface area contributed by atoms with E-state index in [4.69, 9.17) is 11.6 Å². The number of hydrogen-bond donors (Lipinski definition) is 1. The molecule has 2 aromatic rings. The van der Waals surface area contributed by atoms with Crippen LogP contribution >= 0.6 is 22.9 Å². The van der Waals surface area contributed by atoms with E-state index in [0.29, 0.717) is 23.2 Å². The minimum absolute atomic E-state index is 0.000613. The number of benzene rings is 1. The molecule has 0 saturated carbocycles. The predicted octanol–water partition coefficient (Wildman–Crippen LogP) is 2.57. The fourth-order valence-corrected chi connectivity index (χ4v) is 3.59. The fraction of sp³-hybridized carbons (Fsp3) is 0.412. The first-order valence-electron chi connectivity index (χ1n) is 8.39. The van der Waals surface area contributed by atoms with E-state index in [2.05, 4.69) is 20.4 Å². The fourth-order valence-electron chi connectivity index (χ4n) is 2.79. The van der Waals surface area contributed by atoms with E-state index in [-0.39, 0.29) is 24.7 Å². The smallest absolute Gasteiger partial charge is 0.226 e. The summed E-state index contributed by atoms with van der Waals surface area (Å²) in [5.74, 6) is -0.216. The van der Waals surface area contributed by atoms with Gasteiger partial charge in [-0.25, -0.2) is 0 Å². The van der Waals surface area contributed by atoms with E-state index >= 15 is 0 Å². The topological polar surface area (TPSA) is 78.4 Å². The molecule has 138 valence electrons. The average Bonchev–Trinajstić information content (AvgIpc) is 3.04. The summed E-state index contributed by atoms with van der Waals surface area (Å²) >= 11 is 7.35. The van der Waals surface area contributed by atoms with Gasteiger partial charge in [-0.05, 0) is 25.1 Å². The minimum atomic E-state index is -0.216. The van der Waals surface area contributed by atoms with Crippen LogP contribution in [0.2, 0.25) is 5.02 Å². The highest BCUT2D eigenvalue weighted by atomic mass is 35.5. The van der Waals surface area contributed by atoms with E-state index in [0.717, 1.165) is 23.8 Å². The van der Waals surface area contributed by atoms with Crippen molar-refractivity contribution in [2.45, 2.75) is 19.8 Å². The van der Waals surface area contributed by atoms with Gasteiger partial charge in [-0.15, -0.1) is 10.2 Å². The summed E-state index contributed by atoms with van der Waals surface area (Å²) in [5.41, 5.74) is 1.07. The molecule has 26 heavy (non-hydrogen) atoms. The van der Waals surface area contributed by atoms with Crippen LogP contribution < -0.4 is 10.2 Å². The van der Waals surface area contributed by atoms with Crippen molar-refractivity contribution in [2.24, 2.45) is 0 Å². The lowest BCUT2D eigenvalue weighted by Gasteiger charge is -2.36. The Balaban J connectivity index is 1.42. The molecular weight excluding hydrogens is 374 g/mol. The maximum absolute atomic E-state index is 12.3. The van der Waals surface area contributed by atoms with Gasteiger partial charge in [0.1, 0.15) is 5.01 Å². The Labute approximate surface area is 161 Å². The molecule has 1 saturated heterocycles. The normalized spacial score (nSPS) is 14.4. The quantitative estimate of drug-likeness (QED) is 0.844. The Hall–Kier alpha value is -2.19. The van der Waals surface area contributed by atoms with E-state index in [1.54, 1.807) is 0 Å². The summed E-state index contributed by atoms with van der Waals surface area (Å²) in [6.45, 7) is 4.61. The largest absolute Gasteiger partial charge is 0.368 e. The third-order valence-corrected chi connectivity index (χ3v) is 5.13. The average molecular weight is 394 g/mol. The summed E-state index contributed by atoms with van der Waals surface area (Å²) in [6.07, 6.45) is 0.340. The molecule has 9 heteroatoms. The lowest BCUT2D eigenvalue weighted by Crippen LogP contribution is -2.48. The Kier molecular flexibility index (Phi) is 6.05. The first-order valence-corrected chi connectivity index (χ1v) is 9.59. The minimum Gasteiger partial charge on any atom is -0.368 e. The van der Waals surface area contributed by atoms with Gasteiger partial charge in [-0.2, -0.15) is 0 Å². The number of carbonyl (C=O) groups is 2. The molecule has 0 atom stereocenters. The van der Waals surface area contributed by atoms with E-state index < -0.39 is 0 Å². The standard InChI is InChI=1S/C17H20ClN5O2S/c1-12-20-21-17(26-12)19-15(24)5-6-16(25)23-9-7-22(8-10-23)14-4-2-3-13(18)11-14/h2-4,11H,5-10H2,1H3,(H,19,21,24). The van der Waals surface area contributed by atoms with E-state index in [1.165, 1.54) is 11.3 Å². The Morgan fingerprint density at radius 2 is 1.96 bits per heavy atom. The van der Waals surface area contributed by atoms with Crippen molar-refractivity contribution in [3.63, 3.8) is 0 Å². The summed E-state index contributed by atoms with van der Waals surface area (Å²) < 4.78 is 0. The zero-order valence-electron chi connectivity index (χ0n) is 14.4. The molecule has 1 N–H and O–H groups in total. The Morgan fingerprint density at radius 3 is 2.62 bits per heavy atom. The number of piperazine rings is 1. The monoisotopic (exact) mass is 393 g/mol.